The summed E-state index contributed by atoms with van der Waals surface area (Å²) in [7, 11) is 0. The highest BCUT2D eigenvalue weighted by Gasteiger charge is 2.30. The molecule has 2 unspecified atom stereocenters. The van der Waals surface area contributed by atoms with E-state index >= 15 is 0 Å². The third-order valence-electron chi connectivity index (χ3n) is 3.54. The van der Waals surface area contributed by atoms with E-state index in [0.717, 1.165) is 38.6 Å². The summed E-state index contributed by atoms with van der Waals surface area (Å²) in [6.07, 6.45) is 4.84. The maximum Gasteiger partial charge on any atom is 0.251 e. The maximum absolute atomic E-state index is 12.1. The second-order valence-electron chi connectivity index (χ2n) is 4.83. The van der Waals surface area contributed by atoms with E-state index < -0.39 is 0 Å². The Balaban J connectivity index is 1.87. The van der Waals surface area contributed by atoms with Crippen LogP contribution in [-0.4, -0.2) is 48.3 Å². The van der Waals surface area contributed by atoms with Gasteiger partial charge in [-0.15, -0.1) is 0 Å². The van der Waals surface area contributed by atoms with Gasteiger partial charge in [0.1, 0.15) is 6.10 Å². The Labute approximate surface area is 96.6 Å². The minimum Gasteiger partial charge on any atom is -0.396 e. The zero-order valence-electron chi connectivity index (χ0n) is 9.73. The van der Waals surface area contributed by atoms with Gasteiger partial charge in [0.15, 0.2) is 0 Å². The summed E-state index contributed by atoms with van der Waals surface area (Å²) < 4.78 is 5.51. The molecule has 0 aromatic rings. The molecule has 2 heterocycles. The van der Waals surface area contributed by atoms with Crippen LogP contribution in [0.15, 0.2) is 0 Å². The van der Waals surface area contributed by atoms with Crippen molar-refractivity contribution in [2.45, 2.75) is 38.2 Å². The molecular weight excluding hydrogens is 206 g/mol. The first-order chi connectivity index (χ1) is 7.81. The van der Waals surface area contributed by atoms with Crippen molar-refractivity contribution in [2.75, 3.05) is 26.3 Å². The molecule has 0 bridgehead atoms. The van der Waals surface area contributed by atoms with Crippen molar-refractivity contribution in [1.29, 1.82) is 0 Å². The Bertz CT molecular complexity index is 238. The fourth-order valence-corrected chi connectivity index (χ4v) is 2.55. The summed E-state index contributed by atoms with van der Waals surface area (Å²) in [4.78, 5) is 14.0. The number of likely N-dealkylation sites (tertiary alicyclic amines) is 1. The van der Waals surface area contributed by atoms with E-state index in [0.29, 0.717) is 13.2 Å². The van der Waals surface area contributed by atoms with Crippen molar-refractivity contribution in [1.82, 2.24) is 4.90 Å². The summed E-state index contributed by atoms with van der Waals surface area (Å²) in [5, 5.41) is 9.13. The van der Waals surface area contributed by atoms with Crippen LogP contribution in [0.25, 0.3) is 0 Å². The summed E-state index contributed by atoms with van der Waals surface area (Å²) in [6, 6.07) is 0. The van der Waals surface area contributed by atoms with Crippen molar-refractivity contribution in [2.24, 2.45) is 5.92 Å². The number of hydrogen-bond acceptors (Lipinski definition) is 3. The zero-order valence-corrected chi connectivity index (χ0v) is 9.73. The molecule has 2 rings (SSSR count). The van der Waals surface area contributed by atoms with Gasteiger partial charge in [-0.3, -0.25) is 4.79 Å². The van der Waals surface area contributed by atoms with E-state index in [1.165, 1.54) is 0 Å². The smallest absolute Gasteiger partial charge is 0.251 e. The maximum atomic E-state index is 12.1. The van der Waals surface area contributed by atoms with Crippen LogP contribution in [0.2, 0.25) is 0 Å². The summed E-state index contributed by atoms with van der Waals surface area (Å²) in [6.45, 7) is 2.44. The van der Waals surface area contributed by atoms with Gasteiger partial charge in [0.2, 0.25) is 0 Å². The molecule has 2 saturated heterocycles. The highest BCUT2D eigenvalue weighted by molar-refractivity contribution is 5.81. The number of aliphatic hydroxyl groups is 1. The van der Waals surface area contributed by atoms with Crippen LogP contribution >= 0.6 is 0 Å². The second-order valence-corrected chi connectivity index (χ2v) is 4.83. The van der Waals surface area contributed by atoms with E-state index in [9.17, 15) is 4.79 Å². The molecule has 1 N–H and O–H groups in total. The van der Waals surface area contributed by atoms with Crippen LogP contribution in [-0.2, 0) is 9.53 Å². The summed E-state index contributed by atoms with van der Waals surface area (Å²) >= 11 is 0. The molecule has 2 aliphatic rings. The average Bonchev–Trinajstić information content (AvgIpc) is 2.39. The standard InChI is InChI=1S/C12H21NO3/c14-9-10-4-3-6-13(8-10)12(15)11-5-1-2-7-16-11/h10-11,14H,1-9H2. The highest BCUT2D eigenvalue weighted by Crippen LogP contribution is 2.20. The normalized spacial score (nSPS) is 31.4. The number of ether oxygens (including phenoxy) is 1. The van der Waals surface area contributed by atoms with Crippen LogP contribution in [0.3, 0.4) is 0 Å². The van der Waals surface area contributed by atoms with Crippen LogP contribution < -0.4 is 0 Å². The fraction of sp³-hybridized carbons (Fsp3) is 0.917. The molecule has 0 aromatic carbocycles. The number of nitrogens with zero attached hydrogens (tertiary/aromatic N) is 1. The lowest BCUT2D eigenvalue weighted by Gasteiger charge is -2.35. The van der Waals surface area contributed by atoms with E-state index in [4.69, 9.17) is 9.84 Å². The molecule has 0 aliphatic carbocycles. The van der Waals surface area contributed by atoms with E-state index in [-0.39, 0.29) is 24.5 Å². The van der Waals surface area contributed by atoms with Gasteiger partial charge in [0.25, 0.3) is 5.91 Å². The molecule has 2 fully saturated rings. The number of aliphatic hydroxyl groups excluding tert-OH is 1. The van der Waals surface area contributed by atoms with Crippen molar-refractivity contribution in [3.63, 3.8) is 0 Å². The summed E-state index contributed by atoms with van der Waals surface area (Å²) in [5.74, 6) is 0.402. The topological polar surface area (TPSA) is 49.8 Å². The molecule has 0 aromatic heterocycles. The van der Waals surface area contributed by atoms with Gasteiger partial charge >= 0.3 is 0 Å². The first-order valence-corrected chi connectivity index (χ1v) is 6.32. The number of amides is 1. The molecule has 0 spiro atoms. The first-order valence-electron chi connectivity index (χ1n) is 6.32. The van der Waals surface area contributed by atoms with Crippen molar-refractivity contribution in [3.05, 3.63) is 0 Å². The van der Waals surface area contributed by atoms with Crippen molar-refractivity contribution in [3.8, 4) is 0 Å². The molecule has 92 valence electrons. The quantitative estimate of drug-likeness (QED) is 0.758. The minimum atomic E-state index is -0.216. The lowest BCUT2D eigenvalue weighted by molar-refractivity contribution is -0.148. The average molecular weight is 227 g/mol. The summed E-state index contributed by atoms with van der Waals surface area (Å²) in [5.41, 5.74) is 0. The van der Waals surface area contributed by atoms with Gasteiger partial charge < -0.3 is 14.7 Å². The number of rotatable bonds is 2. The van der Waals surface area contributed by atoms with E-state index in [1.807, 2.05) is 4.90 Å². The SMILES string of the molecule is O=C(C1CCCCO1)N1CCCC(CO)C1. The van der Waals surface area contributed by atoms with Gasteiger partial charge in [0.05, 0.1) is 0 Å². The Morgan fingerprint density at radius 2 is 2.19 bits per heavy atom. The number of carbonyl (C=O) groups excluding carboxylic acids is 1. The molecular formula is C12H21NO3. The largest absolute Gasteiger partial charge is 0.396 e. The van der Waals surface area contributed by atoms with Gasteiger partial charge in [-0.1, -0.05) is 0 Å². The molecule has 4 heteroatoms. The minimum absolute atomic E-state index is 0.137. The third kappa shape index (κ3) is 2.74. The molecule has 4 nitrogen and oxygen atoms in total. The van der Waals surface area contributed by atoms with Crippen LogP contribution in [0.4, 0.5) is 0 Å². The molecule has 1 amide bonds. The fourth-order valence-electron chi connectivity index (χ4n) is 2.55. The molecule has 0 saturated carbocycles. The highest BCUT2D eigenvalue weighted by atomic mass is 16.5. The third-order valence-corrected chi connectivity index (χ3v) is 3.54. The predicted octanol–water partition coefficient (Wildman–Crippen LogP) is 0.786. The molecule has 2 atom stereocenters. The Morgan fingerprint density at radius 3 is 2.88 bits per heavy atom. The second kappa shape index (κ2) is 5.64. The van der Waals surface area contributed by atoms with Crippen LogP contribution in [0.5, 0.6) is 0 Å². The van der Waals surface area contributed by atoms with Crippen molar-refractivity contribution >= 4 is 5.91 Å². The number of piperidine rings is 1. The number of carbonyl (C=O) groups is 1. The van der Waals surface area contributed by atoms with Crippen molar-refractivity contribution < 1.29 is 14.6 Å². The zero-order chi connectivity index (χ0) is 11.4. The van der Waals surface area contributed by atoms with E-state index in [2.05, 4.69) is 0 Å². The first kappa shape index (κ1) is 11.9. The lowest BCUT2D eigenvalue weighted by Crippen LogP contribution is -2.47. The molecule has 16 heavy (non-hydrogen) atoms. The monoisotopic (exact) mass is 227 g/mol. The Hall–Kier alpha value is -0.610. The predicted molar refractivity (Wildman–Crippen MR) is 60.0 cm³/mol. The van der Waals surface area contributed by atoms with Crippen LogP contribution in [0, 0.1) is 5.92 Å². The number of hydrogen-bond donors (Lipinski definition) is 1. The Morgan fingerprint density at radius 1 is 1.31 bits per heavy atom. The van der Waals surface area contributed by atoms with Gasteiger partial charge in [0, 0.05) is 26.3 Å². The molecule has 0 radical (unpaired) electrons. The van der Waals surface area contributed by atoms with Gasteiger partial charge in [-0.25, -0.2) is 0 Å². The lowest BCUT2D eigenvalue weighted by atomic mass is 9.98. The van der Waals surface area contributed by atoms with Gasteiger partial charge in [-0.2, -0.15) is 0 Å². The molecule has 2 aliphatic heterocycles. The van der Waals surface area contributed by atoms with Crippen LogP contribution in [0.1, 0.15) is 32.1 Å². The Kier molecular flexibility index (Phi) is 4.18. The van der Waals surface area contributed by atoms with Gasteiger partial charge in [-0.05, 0) is 38.0 Å². The van der Waals surface area contributed by atoms with E-state index in [1.54, 1.807) is 0 Å².